The molecule has 18 heavy (non-hydrogen) atoms. The Bertz CT molecular complexity index is 422. The van der Waals surface area contributed by atoms with E-state index in [9.17, 15) is 4.79 Å². The van der Waals surface area contributed by atoms with Crippen molar-refractivity contribution in [2.75, 3.05) is 19.0 Å². The lowest BCUT2D eigenvalue weighted by molar-refractivity contribution is -0.136. The van der Waals surface area contributed by atoms with Crippen molar-refractivity contribution < 1.29 is 14.6 Å². The van der Waals surface area contributed by atoms with Gasteiger partial charge in [0.2, 0.25) is 0 Å². The highest BCUT2D eigenvalue weighted by Crippen LogP contribution is 2.31. The van der Waals surface area contributed by atoms with Gasteiger partial charge in [-0.25, -0.2) is 0 Å². The van der Waals surface area contributed by atoms with Crippen LogP contribution in [0.4, 0.5) is 5.69 Å². The van der Waals surface area contributed by atoms with Gasteiger partial charge in [0.05, 0.1) is 19.2 Å². The van der Waals surface area contributed by atoms with E-state index in [4.69, 9.17) is 9.84 Å². The Kier molecular flexibility index (Phi) is 4.59. The summed E-state index contributed by atoms with van der Waals surface area (Å²) < 4.78 is 5.26. The minimum absolute atomic E-state index is 0.0511. The van der Waals surface area contributed by atoms with E-state index in [1.165, 1.54) is 5.56 Å². The summed E-state index contributed by atoms with van der Waals surface area (Å²) in [5, 5.41) is 11.7. The largest absolute Gasteiger partial charge is 0.495 e. The van der Waals surface area contributed by atoms with Crippen LogP contribution in [0.25, 0.3) is 0 Å². The standard InChI is InChI=1S/C14H21NO3/c1-14(2,3)10-5-6-12(18-4)11(9-10)15-8-7-13(16)17/h5-6,9,15H,7-8H2,1-4H3,(H,16,17). The first-order chi connectivity index (χ1) is 8.34. The van der Waals surface area contributed by atoms with Gasteiger partial charge in [0.15, 0.2) is 0 Å². The van der Waals surface area contributed by atoms with Gasteiger partial charge in [-0.2, -0.15) is 0 Å². The minimum atomic E-state index is -0.812. The van der Waals surface area contributed by atoms with Crippen molar-refractivity contribution in [2.24, 2.45) is 0 Å². The molecule has 100 valence electrons. The third-order valence-electron chi connectivity index (χ3n) is 2.72. The summed E-state index contributed by atoms with van der Waals surface area (Å²) >= 11 is 0. The van der Waals surface area contributed by atoms with E-state index < -0.39 is 5.97 Å². The fourth-order valence-corrected chi connectivity index (χ4v) is 1.62. The van der Waals surface area contributed by atoms with E-state index >= 15 is 0 Å². The van der Waals surface area contributed by atoms with Crippen LogP contribution in [0, 0.1) is 0 Å². The minimum Gasteiger partial charge on any atom is -0.495 e. The Morgan fingerprint density at radius 1 is 1.39 bits per heavy atom. The molecule has 0 bridgehead atoms. The number of carbonyl (C=O) groups is 1. The van der Waals surface area contributed by atoms with Crippen molar-refractivity contribution in [2.45, 2.75) is 32.6 Å². The third-order valence-corrected chi connectivity index (χ3v) is 2.72. The number of carboxylic acids is 1. The fourth-order valence-electron chi connectivity index (χ4n) is 1.62. The van der Waals surface area contributed by atoms with Crippen LogP contribution in [-0.2, 0) is 10.2 Å². The first kappa shape index (κ1) is 14.4. The summed E-state index contributed by atoms with van der Waals surface area (Å²) in [6.45, 7) is 6.79. The van der Waals surface area contributed by atoms with Gasteiger partial charge in [-0.1, -0.05) is 26.8 Å². The van der Waals surface area contributed by atoms with Gasteiger partial charge >= 0.3 is 5.97 Å². The van der Waals surface area contributed by atoms with Gasteiger partial charge < -0.3 is 15.2 Å². The smallest absolute Gasteiger partial charge is 0.305 e. The molecule has 0 heterocycles. The van der Waals surface area contributed by atoms with Crippen molar-refractivity contribution in [1.82, 2.24) is 0 Å². The number of hydrogen-bond donors (Lipinski definition) is 2. The second kappa shape index (κ2) is 5.76. The monoisotopic (exact) mass is 251 g/mol. The van der Waals surface area contributed by atoms with Gasteiger partial charge in [-0.15, -0.1) is 0 Å². The predicted molar refractivity (Wildman–Crippen MR) is 72.4 cm³/mol. The maximum atomic E-state index is 10.5. The number of rotatable bonds is 5. The zero-order chi connectivity index (χ0) is 13.8. The Hall–Kier alpha value is -1.71. The van der Waals surface area contributed by atoms with Crippen molar-refractivity contribution >= 4 is 11.7 Å². The normalized spacial score (nSPS) is 11.1. The van der Waals surface area contributed by atoms with Crippen LogP contribution >= 0.6 is 0 Å². The van der Waals surface area contributed by atoms with Crippen molar-refractivity contribution in [3.8, 4) is 5.75 Å². The third kappa shape index (κ3) is 3.95. The molecule has 0 aliphatic heterocycles. The molecule has 0 saturated heterocycles. The summed E-state index contributed by atoms with van der Waals surface area (Å²) in [6, 6.07) is 5.95. The van der Waals surface area contributed by atoms with E-state index in [2.05, 4.69) is 26.1 Å². The maximum absolute atomic E-state index is 10.5. The van der Waals surface area contributed by atoms with Crippen LogP contribution in [0.1, 0.15) is 32.8 Å². The summed E-state index contributed by atoms with van der Waals surface area (Å²) in [5.74, 6) is -0.0816. The number of aliphatic carboxylic acids is 1. The molecule has 0 radical (unpaired) electrons. The van der Waals surface area contributed by atoms with E-state index in [1.54, 1.807) is 7.11 Å². The zero-order valence-corrected chi connectivity index (χ0v) is 11.4. The molecule has 1 aromatic carbocycles. The van der Waals surface area contributed by atoms with Gasteiger partial charge in [0.25, 0.3) is 0 Å². The molecule has 4 nitrogen and oxygen atoms in total. The lowest BCUT2D eigenvalue weighted by Crippen LogP contribution is -2.13. The van der Waals surface area contributed by atoms with Crippen LogP contribution in [0.15, 0.2) is 18.2 Å². The van der Waals surface area contributed by atoms with Crippen molar-refractivity contribution in [1.29, 1.82) is 0 Å². The van der Waals surface area contributed by atoms with Crippen LogP contribution < -0.4 is 10.1 Å². The zero-order valence-electron chi connectivity index (χ0n) is 11.4. The van der Waals surface area contributed by atoms with Crippen LogP contribution in [0.5, 0.6) is 5.75 Å². The Labute approximate surface area is 108 Å². The van der Waals surface area contributed by atoms with Gasteiger partial charge in [0, 0.05) is 6.54 Å². The Balaban J connectivity index is 2.89. The highest BCUT2D eigenvalue weighted by Gasteiger charge is 2.15. The molecule has 0 unspecified atom stereocenters. The molecule has 0 saturated carbocycles. The molecule has 1 rings (SSSR count). The number of anilines is 1. The molecule has 2 N–H and O–H groups in total. The van der Waals surface area contributed by atoms with Crippen LogP contribution in [0.2, 0.25) is 0 Å². The topological polar surface area (TPSA) is 58.6 Å². The molecule has 0 atom stereocenters. The molecule has 0 aliphatic rings. The molecule has 4 heteroatoms. The van der Waals surface area contributed by atoms with E-state index in [1.807, 2.05) is 18.2 Å². The number of benzene rings is 1. The van der Waals surface area contributed by atoms with E-state index in [-0.39, 0.29) is 11.8 Å². The van der Waals surface area contributed by atoms with Gasteiger partial charge in [-0.3, -0.25) is 4.79 Å². The molecule has 0 spiro atoms. The quantitative estimate of drug-likeness (QED) is 0.844. The summed E-state index contributed by atoms with van der Waals surface area (Å²) in [7, 11) is 1.61. The molecule has 0 aromatic heterocycles. The van der Waals surface area contributed by atoms with Gasteiger partial charge in [0.1, 0.15) is 5.75 Å². The van der Waals surface area contributed by atoms with E-state index in [0.29, 0.717) is 6.54 Å². The molecule has 0 amide bonds. The van der Waals surface area contributed by atoms with Crippen molar-refractivity contribution in [3.63, 3.8) is 0 Å². The number of ether oxygens (including phenoxy) is 1. The molecule has 1 aromatic rings. The Morgan fingerprint density at radius 3 is 2.56 bits per heavy atom. The van der Waals surface area contributed by atoms with E-state index in [0.717, 1.165) is 11.4 Å². The highest BCUT2D eigenvalue weighted by molar-refractivity contribution is 5.68. The number of methoxy groups -OCH3 is 1. The second-order valence-electron chi connectivity index (χ2n) is 5.24. The number of nitrogens with one attached hydrogen (secondary N) is 1. The fraction of sp³-hybridized carbons (Fsp3) is 0.500. The SMILES string of the molecule is COc1ccc(C(C)(C)C)cc1NCCC(=O)O. The lowest BCUT2D eigenvalue weighted by Gasteiger charge is -2.21. The average Bonchev–Trinajstić information content (AvgIpc) is 2.27. The predicted octanol–water partition coefficient (Wildman–Crippen LogP) is 2.88. The molecular weight excluding hydrogens is 230 g/mol. The molecule has 0 aliphatic carbocycles. The summed E-state index contributed by atoms with van der Waals surface area (Å²) in [6.07, 6.45) is 0.0862. The van der Waals surface area contributed by atoms with Gasteiger partial charge in [-0.05, 0) is 23.1 Å². The summed E-state index contributed by atoms with van der Waals surface area (Å²) in [4.78, 5) is 10.5. The Morgan fingerprint density at radius 2 is 2.06 bits per heavy atom. The van der Waals surface area contributed by atoms with Crippen LogP contribution in [0.3, 0.4) is 0 Å². The highest BCUT2D eigenvalue weighted by atomic mass is 16.5. The second-order valence-corrected chi connectivity index (χ2v) is 5.24. The molecule has 0 fully saturated rings. The lowest BCUT2D eigenvalue weighted by atomic mass is 9.87. The maximum Gasteiger partial charge on any atom is 0.305 e. The van der Waals surface area contributed by atoms with Crippen LogP contribution in [-0.4, -0.2) is 24.7 Å². The molecular formula is C14H21NO3. The summed E-state index contributed by atoms with van der Waals surface area (Å²) in [5.41, 5.74) is 2.07. The number of hydrogen-bond acceptors (Lipinski definition) is 3. The first-order valence-electron chi connectivity index (χ1n) is 5.99. The first-order valence-corrected chi connectivity index (χ1v) is 5.99. The number of carboxylic acid groups (broad SMARTS) is 1. The van der Waals surface area contributed by atoms with Crippen molar-refractivity contribution in [3.05, 3.63) is 23.8 Å². The average molecular weight is 251 g/mol.